The molecule has 1 heterocycles. The lowest BCUT2D eigenvalue weighted by molar-refractivity contribution is 0.129. The summed E-state index contributed by atoms with van der Waals surface area (Å²) in [4.78, 5) is 2.41. The van der Waals surface area contributed by atoms with Crippen LogP contribution in [0.2, 0.25) is 0 Å². The molecule has 0 spiro atoms. The monoisotopic (exact) mass is 254 g/mol. The Bertz CT molecular complexity index is 255. The summed E-state index contributed by atoms with van der Waals surface area (Å²) >= 11 is 5.50. The number of piperidine rings is 1. The van der Waals surface area contributed by atoms with Crippen LogP contribution in [0.15, 0.2) is 0 Å². The zero-order valence-electron chi connectivity index (χ0n) is 11.1. The van der Waals surface area contributed by atoms with Gasteiger partial charge in [-0.1, -0.05) is 32.6 Å². The average molecular weight is 254 g/mol. The first-order valence-corrected chi connectivity index (χ1v) is 7.75. The second kappa shape index (κ2) is 6.58. The number of nitrogens with one attached hydrogen (secondary N) is 1. The fourth-order valence-electron chi connectivity index (χ4n) is 3.27. The molecule has 0 aromatic carbocycles. The van der Waals surface area contributed by atoms with Crippen molar-refractivity contribution in [3.05, 3.63) is 0 Å². The maximum atomic E-state index is 5.50. The molecule has 2 unspecified atom stereocenters. The molecule has 1 aliphatic heterocycles. The van der Waals surface area contributed by atoms with Crippen molar-refractivity contribution in [1.29, 1.82) is 0 Å². The standard InChI is InChI=1S/C14H26N2S/c1-2-3-9-15-14(17)16-10-8-12-6-4-5-7-13(12)11-16/h12-13H,2-11H2,1H3,(H,15,17). The third kappa shape index (κ3) is 3.57. The van der Waals surface area contributed by atoms with Gasteiger partial charge in [-0.2, -0.15) is 0 Å². The van der Waals surface area contributed by atoms with Gasteiger partial charge in [-0.05, 0) is 43.3 Å². The van der Waals surface area contributed by atoms with Crippen molar-refractivity contribution in [1.82, 2.24) is 10.2 Å². The highest BCUT2D eigenvalue weighted by Crippen LogP contribution is 2.35. The van der Waals surface area contributed by atoms with Gasteiger partial charge in [0.1, 0.15) is 0 Å². The molecular weight excluding hydrogens is 228 g/mol. The van der Waals surface area contributed by atoms with Gasteiger partial charge in [0.2, 0.25) is 0 Å². The smallest absolute Gasteiger partial charge is 0.168 e. The summed E-state index contributed by atoms with van der Waals surface area (Å²) in [6.45, 7) is 5.65. The topological polar surface area (TPSA) is 15.3 Å². The highest BCUT2D eigenvalue weighted by molar-refractivity contribution is 7.80. The minimum atomic E-state index is 0.920. The van der Waals surface area contributed by atoms with Crippen LogP contribution in [0.5, 0.6) is 0 Å². The molecule has 1 N–H and O–H groups in total. The van der Waals surface area contributed by atoms with E-state index in [1.807, 2.05) is 0 Å². The molecule has 1 saturated carbocycles. The van der Waals surface area contributed by atoms with E-state index >= 15 is 0 Å². The van der Waals surface area contributed by atoms with Crippen molar-refractivity contribution < 1.29 is 0 Å². The first kappa shape index (κ1) is 13.1. The fourth-order valence-corrected chi connectivity index (χ4v) is 3.54. The second-order valence-electron chi connectivity index (χ2n) is 5.62. The molecule has 98 valence electrons. The Balaban J connectivity index is 1.76. The lowest BCUT2D eigenvalue weighted by Gasteiger charge is -2.42. The van der Waals surface area contributed by atoms with Gasteiger partial charge in [0.15, 0.2) is 5.11 Å². The molecule has 2 aliphatic rings. The normalized spacial score (nSPS) is 28.6. The molecule has 1 saturated heterocycles. The highest BCUT2D eigenvalue weighted by Gasteiger charge is 2.31. The Kier molecular flexibility index (Phi) is 5.08. The van der Waals surface area contributed by atoms with Crippen LogP contribution >= 0.6 is 12.2 Å². The van der Waals surface area contributed by atoms with Crippen LogP contribution in [0, 0.1) is 11.8 Å². The van der Waals surface area contributed by atoms with Crippen LogP contribution in [0.3, 0.4) is 0 Å². The molecule has 2 fully saturated rings. The van der Waals surface area contributed by atoms with Crippen LogP contribution in [-0.4, -0.2) is 29.6 Å². The Morgan fingerprint density at radius 2 is 2.00 bits per heavy atom. The molecule has 0 amide bonds. The second-order valence-corrected chi connectivity index (χ2v) is 6.01. The number of hydrogen-bond acceptors (Lipinski definition) is 1. The minimum absolute atomic E-state index is 0.920. The van der Waals surface area contributed by atoms with Crippen molar-refractivity contribution >= 4 is 17.3 Å². The first-order valence-electron chi connectivity index (χ1n) is 7.34. The zero-order valence-corrected chi connectivity index (χ0v) is 11.9. The Morgan fingerprint density at radius 3 is 2.76 bits per heavy atom. The van der Waals surface area contributed by atoms with Crippen LogP contribution in [0.25, 0.3) is 0 Å². The maximum absolute atomic E-state index is 5.50. The van der Waals surface area contributed by atoms with Crippen molar-refractivity contribution in [3.8, 4) is 0 Å². The van der Waals surface area contributed by atoms with E-state index in [0.29, 0.717) is 0 Å². The molecule has 17 heavy (non-hydrogen) atoms. The number of thiocarbonyl (C=S) groups is 1. The van der Waals surface area contributed by atoms with E-state index in [-0.39, 0.29) is 0 Å². The molecule has 2 rings (SSSR count). The van der Waals surface area contributed by atoms with E-state index in [4.69, 9.17) is 12.2 Å². The largest absolute Gasteiger partial charge is 0.363 e. The number of nitrogens with zero attached hydrogens (tertiary/aromatic N) is 1. The van der Waals surface area contributed by atoms with Gasteiger partial charge in [-0.15, -0.1) is 0 Å². The number of rotatable bonds is 3. The van der Waals surface area contributed by atoms with Crippen molar-refractivity contribution in [2.75, 3.05) is 19.6 Å². The van der Waals surface area contributed by atoms with Crippen LogP contribution in [0.4, 0.5) is 0 Å². The summed E-state index contributed by atoms with van der Waals surface area (Å²) in [5, 5.41) is 4.41. The van der Waals surface area contributed by atoms with E-state index in [2.05, 4.69) is 17.1 Å². The van der Waals surface area contributed by atoms with Gasteiger partial charge in [0, 0.05) is 19.6 Å². The molecule has 3 heteroatoms. The molecule has 1 aliphatic carbocycles. The molecular formula is C14H26N2S. The van der Waals surface area contributed by atoms with Gasteiger partial charge in [-0.3, -0.25) is 0 Å². The lowest BCUT2D eigenvalue weighted by Crippen LogP contribution is -2.48. The Morgan fingerprint density at radius 1 is 1.24 bits per heavy atom. The van der Waals surface area contributed by atoms with Crippen molar-refractivity contribution in [2.24, 2.45) is 11.8 Å². The van der Waals surface area contributed by atoms with Crippen molar-refractivity contribution in [2.45, 2.75) is 51.9 Å². The summed E-state index contributed by atoms with van der Waals surface area (Å²) in [7, 11) is 0. The molecule has 2 nitrogen and oxygen atoms in total. The number of hydrogen-bond donors (Lipinski definition) is 1. The molecule has 0 radical (unpaired) electrons. The first-order chi connectivity index (χ1) is 8.31. The van der Waals surface area contributed by atoms with E-state index in [1.165, 1.54) is 58.0 Å². The van der Waals surface area contributed by atoms with Gasteiger partial charge >= 0.3 is 0 Å². The summed E-state index contributed by atoms with van der Waals surface area (Å²) in [5.74, 6) is 1.92. The van der Waals surface area contributed by atoms with Gasteiger partial charge in [-0.25, -0.2) is 0 Å². The van der Waals surface area contributed by atoms with E-state index in [0.717, 1.165) is 23.5 Å². The third-order valence-corrected chi connectivity index (χ3v) is 4.79. The zero-order chi connectivity index (χ0) is 12.1. The Labute approximate surface area is 111 Å². The van der Waals surface area contributed by atoms with E-state index in [9.17, 15) is 0 Å². The minimum Gasteiger partial charge on any atom is -0.363 e. The molecule has 0 aromatic rings. The average Bonchev–Trinajstić information content (AvgIpc) is 2.38. The van der Waals surface area contributed by atoms with E-state index < -0.39 is 0 Å². The van der Waals surface area contributed by atoms with Gasteiger partial charge in [0.05, 0.1) is 0 Å². The number of unbranched alkanes of at least 4 members (excludes halogenated alkanes) is 1. The van der Waals surface area contributed by atoms with Crippen LogP contribution in [-0.2, 0) is 0 Å². The molecule has 0 bridgehead atoms. The van der Waals surface area contributed by atoms with Crippen molar-refractivity contribution in [3.63, 3.8) is 0 Å². The third-order valence-electron chi connectivity index (χ3n) is 4.38. The summed E-state index contributed by atoms with van der Waals surface area (Å²) in [6.07, 6.45) is 9.61. The summed E-state index contributed by atoms with van der Waals surface area (Å²) in [6, 6.07) is 0. The predicted molar refractivity (Wildman–Crippen MR) is 77.1 cm³/mol. The van der Waals surface area contributed by atoms with Gasteiger partial charge < -0.3 is 10.2 Å². The van der Waals surface area contributed by atoms with Crippen LogP contribution < -0.4 is 5.32 Å². The van der Waals surface area contributed by atoms with Crippen LogP contribution in [0.1, 0.15) is 51.9 Å². The SMILES string of the molecule is CCCCNC(=S)N1CCC2CCCCC2C1. The highest BCUT2D eigenvalue weighted by atomic mass is 32.1. The summed E-state index contributed by atoms with van der Waals surface area (Å²) < 4.78 is 0. The van der Waals surface area contributed by atoms with E-state index in [1.54, 1.807) is 0 Å². The number of likely N-dealkylation sites (tertiary alicyclic amines) is 1. The predicted octanol–water partition coefficient (Wildman–Crippen LogP) is 3.17. The lowest BCUT2D eigenvalue weighted by atomic mass is 9.75. The fraction of sp³-hybridized carbons (Fsp3) is 0.929. The quantitative estimate of drug-likeness (QED) is 0.615. The Hall–Kier alpha value is -0.310. The summed E-state index contributed by atoms with van der Waals surface area (Å²) in [5.41, 5.74) is 0. The maximum Gasteiger partial charge on any atom is 0.168 e. The van der Waals surface area contributed by atoms with Gasteiger partial charge in [0.25, 0.3) is 0 Å². The molecule has 0 aromatic heterocycles. The number of fused-ring (bicyclic) bond motifs is 1. The molecule has 2 atom stereocenters.